The Balaban J connectivity index is 1.58. The van der Waals surface area contributed by atoms with Crippen LogP contribution in [0.3, 0.4) is 0 Å². The van der Waals surface area contributed by atoms with Gasteiger partial charge in [0.15, 0.2) is 0 Å². The third-order valence-corrected chi connectivity index (χ3v) is 6.95. The van der Waals surface area contributed by atoms with Crippen molar-refractivity contribution in [2.24, 2.45) is 0 Å². The first-order valence-corrected chi connectivity index (χ1v) is 10.9. The highest BCUT2D eigenvalue weighted by atomic mass is 32.2. The Morgan fingerprint density at radius 1 is 1.04 bits per heavy atom. The minimum absolute atomic E-state index is 0.108. The number of methoxy groups -OCH3 is 1. The van der Waals surface area contributed by atoms with Crippen LogP contribution in [0.1, 0.15) is 17.2 Å². The summed E-state index contributed by atoms with van der Waals surface area (Å²) < 4.78 is 32.1. The average Bonchev–Trinajstić information content (AvgIpc) is 2.74. The normalized spacial score (nSPS) is 17.0. The number of hydrogen-bond acceptors (Lipinski definition) is 5. The summed E-state index contributed by atoms with van der Waals surface area (Å²) in [6.45, 7) is 1.89. The quantitative estimate of drug-likeness (QED) is 0.715. The zero-order valence-electron chi connectivity index (χ0n) is 16.0. The molecular formula is C21H25N3O3S. The molecule has 28 heavy (non-hydrogen) atoms. The van der Waals surface area contributed by atoms with E-state index in [4.69, 9.17) is 4.74 Å². The van der Waals surface area contributed by atoms with Gasteiger partial charge in [-0.25, -0.2) is 8.42 Å². The predicted octanol–water partition coefficient (Wildman–Crippen LogP) is 2.45. The first-order chi connectivity index (χ1) is 13.5. The fourth-order valence-corrected chi connectivity index (χ4v) is 4.89. The van der Waals surface area contributed by atoms with Gasteiger partial charge in [0.2, 0.25) is 10.0 Å². The topological polar surface area (TPSA) is 73.6 Å². The smallest absolute Gasteiger partial charge is 0.214 e. The molecule has 1 aliphatic heterocycles. The second kappa shape index (κ2) is 9.20. The number of ether oxygens (including phenoxy) is 1. The molecule has 0 aromatic heterocycles. The molecule has 1 fully saturated rings. The summed E-state index contributed by atoms with van der Waals surface area (Å²) in [5.41, 5.74) is 1.91. The number of nitrogens with zero attached hydrogens (tertiary/aromatic N) is 3. The SMILES string of the molecule is COc1ccc(C(C#N)N2CCN(S(=O)(=O)CCc3ccccc3)CC2)cc1. The maximum absolute atomic E-state index is 12.7. The highest BCUT2D eigenvalue weighted by Gasteiger charge is 2.30. The molecule has 1 atom stereocenters. The van der Waals surface area contributed by atoms with Gasteiger partial charge in [-0.1, -0.05) is 42.5 Å². The Bertz CT molecular complexity index is 900. The molecule has 148 valence electrons. The molecule has 6 nitrogen and oxygen atoms in total. The van der Waals surface area contributed by atoms with Crippen molar-refractivity contribution in [2.75, 3.05) is 39.0 Å². The van der Waals surface area contributed by atoms with E-state index in [-0.39, 0.29) is 11.8 Å². The summed E-state index contributed by atoms with van der Waals surface area (Å²) in [7, 11) is -1.70. The summed E-state index contributed by atoms with van der Waals surface area (Å²) in [6.07, 6.45) is 0.510. The predicted molar refractivity (Wildman–Crippen MR) is 108 cm³/mol. The third kappa shape index (κ3) is 4.90. The fraction of sp³-hybridized carbons (Fsp3) is 0.381. The van der Waals surface area contributed by atoms with Crippen molar-refractivity contribution in [2.45, 2.75) is 12.5 Å². The monoisotopic (exact) mass is 399 g/mol. The first kappa shape index (κ1) is 20.3. The van der Waals surface area contributed by atoms with E-state index in [1.165, 1.54) is 0 Å². The Hall–Kier alpha value is -2.40. The number of piperazine rings is 1. The Morgan fingerprint density at radius 2 is 1.68 bits per heavy atom. The van der Waals surface area contributed by atoms with E-state index in [9.17, 15) is 13.7 Å². The maximum atomic E-state index is 12.7. The molecule has 2 aromatic rings. The highest BCUT2D eigenvalue weighted by Crippen LogP contribution is 2.24. The lowest BCUT2D eigenvalue weighted by Crippen LogP contribution is -2.50. The number of nitriles is 1. The van der Waals surface area contributed by atoms with Crippen LogP contribution >= 0.6 is 0 Å². The van der Waals surface area contributed by atoms with Crippen LogP contribution in [0.25, 0.3) is 0 Å². The highest BCUT2D eigenvalue weighted by molar-refractivity contribution is 7.89. The minimum Gasteiger partial charge on any atom is -0.497 e. The lowest BCUT2D eigenvalue weighted by molar-refractivity contribution is 0.162. The molecule has 1 aliphatic rings. The fourth-order valence-electron chi connectivity index (χ4n) is 3.41. The van der Waals surface area contributed by atoms with E-state index in [0.29, 0.717) is 32.6 Å². The molecule has 0 N–H and O–H groups in total. The number of hydrogen-bond donors (Lipinski definition) is 0. The van der Waals surface area contributed by atoms with Crippen molar-refractivity contribution >= 4 is 10.0 Å². The van der Waals surface area contributed by atoms with Crippen molar-refractivity contribution in [3.05, 3.63) is 65.7 Å². The van der Waals surface area contributed by atoms with Crippen molar-refractivity contribution < 1.29 is 13.2 Å². The van der Waals surface area contributed by atoms with Crippen molar-refractivity contribution in [3.8, 4) is 11.8 Å². The van der Waals surface area contributed by atoms with Crippen LogP contribution in [0.4, 0.5) is 0 Å². The Kier molecular flexibility index (Phi) is 6.68. The second-order valence-electron chi connectivity index (χ2n) is 6.79. The van der Waals surface area contributed by atoms with Crippen molar-refractivity contribution in [3.63, 3.8) is 0 Å². The first-order valence-electron chi connectivity index (χ1n) is 9.33. The molecule has 1 heterocycles. The van der Waals surface area contributed by atoms with E-state index >= 15 is 0 Å². The molecule has 3 rings (SSSR count). The van der Waals surface area contributed by atoms with Crippen LogP contribution in [0.5, 0.6) is 5.75 Å². The van der Waals surface area contributed by atoms with Gasteiger partial charge in [0, 0.05) is 26.2 Å². The van der Waals surface area contributed by atoms with E-state index in [1.807, 2.05) is 59.5 Å². The molecule has 0 aliphatic carbocycles. The van der Waals surface area contributed by atoms with Crippen LogP contribution in [0.15, 0.2) is 54.6 Å². The third-order valence-electron chi connectivity index (χ3n) is 5.08. The molecule has 0 spiro atoms. The van der Waals surface area contributed by atoms with Gasteiger partial charge in [-0.2, -0.15) is 9.57 Å². The summed E-state index contributed by atoms with van der Waals surface area (Å²) in [6, 6.07) is 19.0. The molecule has 0 bridgehead atoms. The molecule has 1 saturated heterocycles. The maximum Gasteiger partial charge on any atom is 0.214 e. The standard InChI is InChI=1S/C21H25N3O3S/c1-27-20-9-7-19(8-10-20)21(17-22)23-12-14-24(15-13-23)28(25,26)16-11-18-5-3-2-4-6-18/h2-10,21H,11-16H2,1H3. The summed E-state index contributed by atoms with van der Waals surface area (Å²) >= 11 is 0. The summed E-state index contributed by atoms with van der Waals surface area (Å²) in [4.78, 5) is 2.03. The summed E-state index contributed by atoms with van der Waals surface area (Å²) in [5.74, 6) is 0.853. The van der Waals surface area contributed by atoms with Gasteiger partial charge in [0.05, 0.1) is 18.9 Å². The van der Waals surface area contributed by atoms with E-state index in [0.717, 1.165) is 16.9 Å². The van der Waals surface area contributed by atoms with Gasteiger partial charge < -0.3 is 4.74 Å². The molecule has 2 aromatic carbocycles. The average molecular weight is 400 g/mol. The second-order valence-corrected chi connectivity index (χ2v) is 8.88. The van der Waals surface area contributed by atoms with Crippen LogP contribution in [0, 0.1) is 11.3 Å². The van der Waals surface area contributed by atoms with Crippen LogP contribution in [-0.2, 0) is 16.4 Å². The Morgan fingerprint density at radius 3 is 2.25 bits per heavy atom. The zero-order valence-corrected chi connectivity index (χ0v) is 16.8. The van der Waals surface area contributed by atoms with Crippen LogP contribution in [0.2, 0.25) is 0 Å². The largest absolute Gasteiger partial charge is 0.497 e. The lowest BCUT2D eigenvalue weighted by Gasteiger charge is -2.36. The Labute approximate surface area is 167 Å². The molecule has 0 radical (unpaired) electrons. The van der Waals surface area contributed by atoms with Gasteiger partial charge in [-0.05, 0) is 29.7 Å². The summed E-state index contributed by atoms with van der Waals surface area (Å²) in [5, 5.41) is 9.64. The van der Waals surface area contributed by atoms with Gasteiger partial charge in [-0.15, -0.1) is 0 Å². The number of sulfonamides is 1. The van der Waals surface area contributed by atoms with Gasteiger partial charge in [-0.3, -0.25) is 4.90 Å². The zero-order chi connectivity index (χ0) is 20.0. The number of rotatable bonds is 7. The molecule has 0 amide bonds. The number of benzene rings is 2. The lowest BCUT2D eigenvalue weighted by atomic mass is 10.1. The van der Waals surface area contributed by atoms with Gasteiger partial charge >= 0.3 is 0 Å². The molecule has 1 unspecified atom stereocenters. The van der Waals surface area contributed by atoms with Crippen molar-refractivity contribution in [1.29, 1.82) is 5.26 Å². The van der Waals surface area contributed by atoms with Gasteiger partial charge in [0.1, 0.15) is 11.8 Å². The molecule has 7 heteroatoms. The van der Waals surface area contributed by atoms with Crippen LogP contribution in [-0.4, -0.2) is 56.7 Å². The molecule has 0 saturated carbocycles. The molecular weight excluding hydrogens is 374 g/mol. The number of aryl methyl sites for hydroxylation is 1. The van der Waals surface area contributed by atoms with E-state index in [1.54, 1.807) is 11.4 Å². The van der Waals surface area contributed by atoms with Gasteiger partial charge in [0.25, 0.3) is 0 Å². The van der Waals surface area contributed by atoms with Crippen molar-refractivity contribution in [1.82, 2.24) is 9.21 Å². The van der Waals surface area contributed by atoms with Crippen LogP contribution < -0.4 is 4.74 Å². The van der Waals surface area contributed by atoms with E-state index in [2.05, 4.69) is 6.07 Å². The van der Waals surface area contributed by atoms with E-state index < -0.39 is 10.0 Å². The minimum atomic E-state index is -3.30.